The number of esters is 1. The molecule has 0 unspecified atom stereocenters. The van der Waals surface area contributed by atoms with Gasteiger partial charge in [0.1, 0.15) is 11.5 Å². The van der Waals surface area contributed by atoms with Gasteiger partial charge in [0.25, 0.3) is 0 Å². The SMILES string of the molecule is C[C@H]1C[C@@H]2CN3C4=C[C@@]5(C)[C@@H]6CC(CO)=CC(=O)[C@H]6[C@@H](C)C(=O)[C@@H]5[C@@]5(COC(=O)C5)[C@]4(C)CC[C@@]3(C1)O2. The molecule has 200 valence electrons. The molecule has 0 radical (unpaired) electrons. The molecule has 4 saturated heterocycles. The number of piperidine rings is 1. The Balaban J connectivity index is 1.46. The Morgan fingerprint density at radius 1 is 1.16 bits per heavy atom. The summed E-state index contributed by atoms with van der Waals surface area (Å²) in [6, 6.07) is 0. The van der Waals surface area contributed by atoms with Gasteiger partial charge in [-0.25, -0.2) is 0 Å². The van der Waals surface area contributed by atoms with Crippen LogP contribution in [0.15, 0.2) is 23.4 Å². The number of rotatable bonds is 1. The molecule has 4 heterocycles. The minimum atomic E-state index is -0.660. The van der Waals surface area contributed by atoms with Crippen molar-refractivity contribution in [3.63, 3.8) is 0 Å². The number of hydrogen-bond acceptors (Lipinski definition) is 7. The summed E-state index contributed by atoms with van der Waals surface area (Å²) in [7, 11) is 0. The molecule has 0 aromatic heterocycles. The molecule has 0 amide bonds. The van der Waals surface area contributed by atoms with Crippen LogP contribution in [-0.4, -0.2) is 59.1 Å². The predicted octanol–water partition coefficient (Wildman–Crippen LogP) is 3.41. The molecule has 7 heteroatoms. The zero-order chi connectivity index (χ0) is 26.1. The smallest absolute Gasteiger partial charge is 0.306 e. The molecule has 1 saturated carbocycles. The van der Waals surface area contributed by atoms with E-state index in [1.165, 1.54) is 5.70 Å². The lowest BCUT2D eigenvalue weighted by atomic mass is 9.37. The number of allylic oxidation sites excluding steroid dienone is 3. The van der Waals surface area contributed by atoms with Gasteiger partial charge < -0.3 is 19.5 Å². The highest BCUT2D eigenvalue weighted by Gasteiger charge is 2.74. The maximum Gasteiger partial charge on any atom is 0.306 e. The van der Waals surface area contributed by atoms with Crippen molar-refractivity contribution in [2.24, 2.45) is 45.8 Å². The van der Waals surface area contributed by atoms with Crippen LogP contribution in [0.5, 0.6) is 0 Å². The van der Waals surface area contributed by atoms with Crippen LogP contribution >= 0.6 is 0 Å². The normalized spacial score (nSPS) is 52.1. The van der Waals surface area contributed by atoms with Crippen LogP contribution in [0.25, 0.3) is 0 Å². The maximum absolute atomic E-state index is 14.4. The van der Waals surface area contributed by atoms with Gasteiger partial charge in [0.05, 0.1) is 25.7 Å². The molecule has 7 aliphatic rings. The molecule has 37 heavy (non-hydrogen) atoms. The van der Waals surface area contributed by atoms with E-state index in [-0.39, 0.29) is 54.9 Å². The van der Waals surface area contributed by atoms with E-state index in [2.05, 4.69) is 31.7 Å². The lowest BCUT2D eigenvalue weighted by molar-refractivity contribution is -0.200. The number of aliphatic hydroxyl groups is 1. The van der Waals surface area contributed by atoms with E-state index in [9.17, 15) is 19.5 Å². The molecule has 1 N–H and O–H groups in total. The van der Waals surface area contributed by atoms with Crippen molar-refractivity contribution in [1.29, 1.82) is 0 Å². The van der Waals surface area contributed by atoms with Crippen LogP contribution in [0.3, 0.4) is 0 Å². The van der Waals surface area contributed by atoms with Crippen molar-refractivity contribution in [1.82, 2.24) is 4.90 Å². The maximum atomic E-state index is 14.4. The first-order valence-corrected chi connectivity index (χ1v) is 14.2. The lowest BCUT2D eigenvalue weighted by Gasteiger charge is -2.67. The monoisotopic (exact) mass is 509 g/mol. The second-order valence-electron chi connectivity index (χ2n) is 13.9. The lowest BCUT2D eigenvalue weighted by Crippen LogP contribution is -2.69. The summed E-state index contributed by atoms with van der Waals surface area (Å²) in [5, 5.41) is 10.0. The van der Waals surface area contributed by atoms with E-state index in [1.54, 1.807) is 6.08 Å². The molecule has 0 aromatic rings. The van der Waals surface area contributed by atoms with Gasteiger partial charge in [-0.3, -0.25) is 14.4 Å². The highest BCUT2D eigenvalue weighted by Crippen LogP contribution is 2.73. The topological polar surface area (TPSA) is 93.1 Å². The van der Waals surface area contributed by atoms with E-state index in [4.69, 9.17) is 9.47 Å². The number of nitrogens with zero attached hydrogens (tertiary/aromatic N) is 1. The number of fused-ring (bicyclic) bond motifs is 8. The quantitative estimate of drug-likeness (QED) is 0.542. The summed E-state index contributed by atoms with van der Waals surface area (Å²) < 4.78 is 12.5. The van der Waals surface area contributed by atoms with E-state index >= 15 is 0 Å². The van der Waals surface area contributed by atoms with E-state index in [0.29, 0.717) is 12.3 Å². The highest BCUT2D eigenvalue weighted by atomic mass is 16.5. The first kappa shape index (κ1) is 24.1. The molecule has 7 rings (SSSR count). The first-order chi connectivity index (χ1) is 17.5. The van der Waals surface area contributed by atoms with Crippen molar-refractivity contribution in [3.8, 4) is 0 Å². The predicted molar refractivity (Wildman–Crippen MR) is 134 cm³/mol. The number of hydrogen-bond donors (Lipinski definition) is 1. The van der Waals surface area contributed by atoms with Crippen molar-refractivity contribution >= 4 is 17.5 Å². The summed E-state index contributed by atoms with van der Waals surface area (Å²) in [6.45, 7) is 9.54. The molecule has 5 fully saturated rings. The molecule has 0 aromatic carbocycles. The largest absolute Gasteiger partial charge is 0.465 e. The molecule has 10 atom stereocenters. The van der Waals surface area contributed by atoms with Gasteiger partial charge in [0.15, 0.2) is 5.78 Å². The Labute approximate surface area is 218 Å². The van der Waals surface area contributed by atoms with Crippen molar-refractivity contribution in [2.75, 3.05) is 19.8 Å². The van der Waals surface area contributed by atoms with Gasteiger partial charge >= 0.3 is 5.97 Å². The first-order valence-electron chi connectivity index (χ1n) is 14.2. The van der Waals surface area contributed by atoms with Crippen LogP contribution in [-0.2, 0) is 23.9 Å². The van der Waals surface area contributed by atoms with Crippen molar-refractivity contribution in [3.05, 3.63) is 23.4 Å². The third-order valence-electron chi connectivity index (χ3n) is 12.0. The fourth-order valence-electron chi connectivity index (χ4n) is 10.4. The summed E-state index contributed by atoms with van der Waals surface area (Å²) >= 11 is 0. The number of ketones is 2. The van der Waals surface area contributed by atoms with Gasteiger partial charge in [-0.15, -0.1) is 0 Å². The molecule has 2 bridgehead atoms. The number of carbonyl (C=O) groups excluding carboxylic acids is 3. The molecule has 3 aliphatic carbocycles. The van der Waals surface area contributed by atoms with Gasteiger partial charge in [0, 0.05) is 46.2 Å². The Morgan fingerprint density at radius 2 is 1.95 bits per heavy atom. The molecular formula is C30H39NO6. The zero-order valence-corrected chi connectivity index (χ0v) is 22.4. The minimum absolute atomic E-state index is 0.0466. The summed E-state index contributed by atoms with van der Waals surface area (Å²) in [6.07, 6.45) is 8.68. The number of carbonyl (C=O) groups is 3. The summed E-state index contributed by atoms with van der Waals surface area (Å²) in [4.78, 5) is 43.2. The highest BCUT2D eigenvalue weighted by molar-refractivity contribution is 6.00. The molecule has 4 aliphatic heterocycles. The Kier molecular flexibility index (Phi) is 4.78. The Bertz CT molecular complexity index is 1170. The molecule has 2 spiro atoms. The van der Waals surface area contributed by atoms with E-state index < -0.39 is 34.0 Å². The number of ether oxygens (including phenoxy) is 2. The molecule has 7 nitrogen and oxygen atoms in total. The van der Waals surface area contributed by atoms with Crippen molar-refractivity contribution < 1.29 is 29.0 Å². The van der Waals surface area contributed by atoms with Gasteiger partial charge in [-0.1, -0.05) is 33.8 Å². The van der Waals surface area contributed by atoms with Gasteiger partial charge in [-0.2, -0.15) is 0 Å². The Hall–Kier alpha value is -1.99. The number of aliphatic hydroxyl groups excluding tert-OH is 1. The standard InChI is InChI=1S/C30H39NO6/c1-16-7-19-13-31-22-11-27(3)20-8-18(14-32)9-21(33)24(20)17(2)25(35)26(27)29(12-23(34)36-15-29)28(22,4)5-6-30(31,10-16)37-19/h9,11,16-17,19-20,24,26,32H,5-8,10,12-15H2,1-4H3/t16-,17+,19+,20+,24-,26-,27-,28+,29+,30-/m0/s1. The van der Waals surface area contributed by atoms with Crippen LogP contribution in [0.2, 0.25) is 0 Å². The third-order valence-corrected chi connectivity index (χ3v) is 12.0. The average Bonchev–Trinajstić information content (AvgIpc) is 3.36. The third kappa shape index (κ3) is 2.78. The zero-order valence-electron chi connectivity index (χ0n) is 22.4. The average molecular weight is 510 g/mol. The Morgan fingerprint density at radius 3 is 2.65 bits per heavy atom. The van der Waals surface area contributed by atoms with Crippen LogP contribution in [0.1, 0.15) is 66.2 Å². The van der Waals surface area contributed by atoms with E-state index in [0.717, 1.165) is 37.8 Å². The number of cyclic esters (lactones) is 1. The second kappa shape index (κ2) is 7.35. The van der Waals surface area contributed by atoms with E-state index in [1.807, 2.05) is 6.92 Å². The summed E-state index contributed by atoms with van der Waals surface area (Å²) in [5.74, 6) is -0.968. The van der Waals surface area contributed by atoms with Gasteiger partial charge in [0.2, 0.25) is 0 Å². The fourth-order valence-corrected chi connectivity index (χ4v) is 10.4. The minimum Gasteiger partial charge on any atom is -0.465 e. The fraction of sp³-hybridized carbons (Fsp3) is 0.767. The summed E-state index contributed by atoms with van der Waals surface area (Å²) in [5.41, 5.74) is -0.0991. The van der Waals surface area contributed by atoms with Gasteiger partial charge in [-0.05, 0) is 55.6 Å². The molecular weight excluding hydrogens is 470 g/mol. The van der Waals surface area contributed by atoms with Crippen LogP contribution in [0, 0.1) is 45.8 Å². The van der Waals surface area contributed by atoms with Crippen LogP contribution in [0.4, 0.5) is 0 Å². The number of Topliss-reactive ketones (excluding diaryl/α,β-unsaturated/α-hetero) is 1. The van der Waals surface area contributed by atoms with Crippen molar-refractivity contribution in [2.45, 2.75) is 78.0 Å². The van der Waals surface area contributed by atoms with Crippen LogP contribution < -0.4 is 0 Å². The second-order valence-corrected chi connectivity index (χ2v) is 13.9.